The Balaban J connectivity index is 2.69. The van der Waals surface area contributed by atoms with E-state index in [4.69, 9.17) is 9.84 Å². The van der Waals surface area contributed by atoms with Crippen LogP contribution in [0, 0.1) is 11.8 Å². The van der Waals surface area contributed by atoms with E-state index in [0.29, 0.717) is 6.61 Å². The van der Waals surface area contributed by atoms with Crippen molar-refractivity contribution < 1.29 is 9.84 Å². The van der Waals surface area contributed by atoms with Crippen molar-refractivity contribution in [2.24, 2.45) is 0 Å². The molecular weight excluding hydrogens is 164 g/mol. The van der Waals surface area contributed by atoms with Crippen molar-refractivity contribution in [3.63, 3.8) is 0 Å². The Morgan fingerprint density at radius 2 is 2.00 bits per heavy atom. The first-order valence-electron chi connectivity index (χ1n) is 4.19. The van der Waals surface area contributed by atoms with Crippen molar-refractivity contribution in [2.75, 3.05) is 13.2 Å². The maximum Gasteiger partial charge on any atom is 0.119 e. The van der Waals surface area contributed by atoms with Gasteiger partial charge in [0.2, 0.25) is 0 Å². The van der Waals surface area contributed by atoms with E-state index in [1.165, 1.54) is 0 Å². The monoisotopic (exact) mass is 176 g/mol. The fourth-order valence-corrected chi connectivity index (χ4v) is 0.943. The third kappa shape index (κ3) is 3.18. The van der Waals surface area contributed by atoms with Gasteiger partial charge in [-0.25, -0.2) is 0 Å². The molecule has 0 radical (unpaired) electrons. The highest BCUT2D eigenvalue weighted by molar-refractivity contribution is 5.38. The zero-order valence-electron chi connectivity index (χ0n) is 7.58. The van der Waals surface area contributed by atoms with Crippen LogP contribution in [-0.2, 0) is 0 Å². The lowest BCUT2D eigenvalue weighted by atomic mass is 10.2. The van der Waals surface area contributed by atoms with Crippen LogP contribution in [0.3, 0.4) is 0 Å². The van der Waals surface area contributed by atoms with Crippen LogP contribution < -0.4 is 4.74 Å². The van der Waals surface area contributed by atoms with E-state index in [9.17, 15) is 0 Å². The highest BCUT2D eigenvalue weighted by atomic mass is 16.5. The Bertz CT molecular complexity index is 303. The average molecular weight is 176 g/mol. The van der Waals surface area contributed by atoms with Crippen molar-refractivity contribution in [3.05, 3.63) is 29.8 Å². The number of benzene rings is 1. The zero-order chi connectivity index (χ0) is 9.52. The molecule has 2 heteroatoms. The largest absolute Gasteiger partial charge is 0.494 e. The molecule has 0 unspecified atom stereocenters. The molecule has 0 saturated heterocycles. The summed E-state index contributed by atoms with van der Waals surface area (Å²) in [6.45, 7) is 2.51. The summed E-state index contributed by atoms with van der Waals surface area (Å²) in [4.78, 5) is 0. The van der Waals surface area contributed by atoms with Crippen LogP contribution in [-0.4, -0.2) is 18.3 Å². The van der Waals surface area contributed by atoms with Gasteiger partial charge in [-0.3, -0.25) is 0 Å². The average Bonchev–Trinajstić information content (AvgIpc) is 2.17. The molecule has 0 amide bonds. The van der Waals surface area contributed by atoms with Crippen molar-refractivity contribution in [2.45, 2.75) is 6.92 Å². The van der Waals surface area contributed by atoms with E-state index in [1.54, 1.807) is 0 Å². The molecule has 68 valence electrons. The first kappa shape index (κ1) is 9.63. The molecule has 0 aliphatic carbocycles. The van der Waals surface area contributed by atoms with Crippen molar-refractivity contribution >= 4 is 0 Å². The number of rotatable bonds is 2. The fourth-order valence-electron chi connectivity index (χ4n) is 0.943. The summed E-state index contributed by atoms with van der Waals surface area (Å²) < 4.78 is 5.27. The van der Waals surface area contributed by atoms with Crippen LogP contribution in [0.1, 0.15) is 12.5 Å². The quantitative estimate of drug-likeness (QED) is 0.691. The SMILES string of the molecule is CCOc1ccc(C#CCO)cc1. The number of hydrogen-bond acceptors (Lipinski definition) is 2. The van der Waals surface area contributed by atoms with Crippen LogP contribution >= 0.6 is 0 Å². The van der Waals surface area contributed by atoms with Gasteiger partial charge in [0.25, 0.3) is 0 Å². The highest BCUT2D eigenvalue weighted by Gasteiger charge is 1.90. The number of aliphatic hydroxyl groups is 1. The summed E-state index contributed by atoms with van der Waals surface area (Å²) >= 11 is 0. The first-order chi connectivity index (χ1) is 6.36. The van der Waals surface area contributed by atoms with Gasteiger partial charge in [0, 0.05) is 5.56 Å². The maximum absolute atomic E-state index is 8.47. The van der Waals surface area contributed by atoms with Crippen LogP contribution in [0.5, 0.6) is 5.75 Å². The predicted octanol–water partition coefficient (Wildman–Crippen LogP) is 1.43. The highest BCUT2D eigenvalue weighted by Crippen LogP contribution is 2.10. The van der Waals surface area contributed by atoms with Crippen molar-refractivity contribution in [3.8, 4) is 17.6 Å². The van der Waals surface area contributed by atoms with Crippen LogP contribution in [0.25, 0.3) is 0 Å². The summed E-state index contributed by atoms with van der Waals surface area (Å²) in [5, 5.41) is 8.47. The Labute approximate surface area is 78.2 Å². The van der Waals surface area contributed by atoms with Gasteiger partial charge in [-0.15, -0.1) is 0 Å². The Morgan fingerprint density at radius 3 is 2.54 bits per heavy atom. The minimum Gasteiger partial charge on any atom is -0.494 e. The minimum absolute atomic E-state index is 0.104. The van der Waals surface area contributed by atoms with Gasteiger partial charge >= 0.3 is 0 Å². The van der Waals surface area contributed by atoms with Gasteiger partial charge < -0.3 is 9.84 Å². The van der Waals surface area contributed by atoms with Crippen LogP contribution in [0.4, 0.5) is 0 Å². The number of ether oxygens (including phenoxy) is 1. The Morgan fingerprint density at radius 1 is 1.31 bits per heavy atom. The molecule has 1 aromatic carbocycles. The van der Waals surface area contributed by atoms with Gasteiger partial charge in [-0.05, 0) is 31.2 Å². The molecule has 0 aliphatic heterocycles. The first-order valence-corrected chi connectivity index (χ1v) is 4.19. The molecule has 0 bridgehead atoms. The standard InChI is InChI=1S/C11H12O2/c1-2-13-11-7-5-10(6-8-11)4-3-9-12/h5-8,12H,2,9H2,1H3. The second-order valence-electron chi connectivity index (χ2n) is 2.42. The lowest BCUT2D eigenvalue weighted by Gasteiger charge is -2.01. The summed E-state index contributed by atoms with van der Waals surface area (Å²) in [5.41, 5.74) is 0.887. The second-order valence-corrected chi connectivity index (χ2v) is 2.42. The summed E-state index contributed by atoms with van der Waals surface area (Å²) in [5.74, 6) is 6.23. The summed E-state index contributed by atoms with van der Waals surface area (Å²) in [7, 11) is 0. The smallest absolute Gasteiger partial charge is 0.119 e. The van der Waals surface area contributed by atoms with Gasteiger partial charge in [0.05, 0.1) is 6.61 Å². The third-order valence-electron chi connectivity index (χ3n) is 1.48. The molecule has 13 heavy (non-hydrogen) atoms. The fraction of sp³-hybridized carbons (Fsp3) is 0.273. The lowest BCUT2D eigenvalue weighted by molar-refractivity contribution is 0.340. The molecule has 0 atom stereocenters. The minimum atomic E-state index is -0.104. The second kappa shape index (κ2) is 5.23. The molecular formula is C11H12O2. The van der Waals surface area contributed by atoms with Crippen molar-refractivity contribution in [1.82, 2.24) is 0 Å². The van der Waals surface area contributed by atoms with Gasteiger partial charge in [-0.2, -0.15) is 0 Å². The molecule has 0 heterocycles. The van der Waals surface area contributed by atoms with Crippen molar-refractivity contribution in [1.29, 1.82) is 0 Å². The summed E-state index contributed by atoms with van der Waals surface area (Å²) in [6, 6.07) is 7.47. The lowest BCUT2D eigenvalue weighted by Crippen LogP contribution is -1.90. The van der Waals surface area contributed by atoms with Gasteiger partial charge in [0.15, 0.2) is 0 Å². The predicted molar refractivity (Wildman–Crippen MR) is 51.6 cm³/mol. The molecule has 2 nitrogen and oxygen atoms in total. The molecule has 0 aromatic heterocycles. The number of hydrogen-bond donors (Lipinski definition) is 1. The zero-order valence-corrected chi connectivity index (χ0v) is 7.58. The number of aliphatic hydroxyl groups excluding tert-OH is 1. The Hall–Kier alpha value is -1.46. The molecule has 0 saturated carbocycles. The molecule has 0 aliphatic rings. The van der Waals surface area contributed by atoms with Crippen LogP contribution in [0.15, 0.2) is 24.3 Å². The molecule has 0 spiro atoms. The van der Waals surface area contributed by atoms with Crippen LogP contribution in [0.2, 0.25) is 0 Å². The summed E-state index contributed by atoms with van der Waals surface area (Å²) in [6.07, 6.45) is 0. The molecule has 1 rings (SSSR count). The Kier molecular flexibility index (Phi) is 3.87. The molecule has 0 fully saturated rings. The maximum atomic E-state index is 8.47. The molecule has 1 N–H and O–H groups in total. The third-order valence-corrected chi connectivity index (χ3v) is 1.48. The topological polar surface area (TPSA) is 29.5 Å². The normalized spacial score (nSPS) is 8.77. The van der Waals surface area contributed by atoms with E-state index in [1.807, 2.05) is 31.2 Å². The molecule has 1 aromatic rings. The van der Waals surface area contributed by atoms with E-state index in [-0.39, 0.29) is 6.61 Å². The van der Waals surface area contributed by atoms with E-state index in [0.717, 1.165) is 11.3 Å². The van der Waals surface area contributed by atoms with Gasteiger partial charge in [0.1, 0.15) is 12.4 Å². The van der Waals surface area contributed by atoms with E-state index < -0.39 is 0 Å². The van der Waals surface area contributed by atoms with E-state index >= 15 is 0 Å². The van der Waals surface area contributed by atoms with E-state index in [2.05, 4.69) is 11.8 Å². The van der Waals surface area contributed by atoms with Gasteiger partial charge in [-0.1, -0.05) is 11.8 Å².